The summed E-state index contributed by atoms with van der Waals surface area (Å²) in [6.07, 6.45) is 97.8. The van der Waals surface area contributed by atoms with E-state index in [0.29, 0.717) is 0 Å². The van der Waals surface area contributed by atoms with Crippen molar-refractivity contribution in [2.45, 2.75) is 501 Å². The zero-order valence-corrected chi connectivity index (χ0v) is 68.3. The van der Waals surface area contributed by atoms with Crippen LogP contribution in [-0.2, 0) is 30.8 Å². The molecule has 0 aliphatic carbocycles. The van der Waals surface area contributed by atoms with Gasteiger partial charge in [0.05, 0.1) is 5.57 Å². The third kappa shape index (κ3) is 62.3. The van der Waals surface area contributed by atoms with E-state index in [0.717, 1.165) is 62.1 Å². The number of benzene rings is 2. The molecule has 3 heteroatoms. The Kier molecular flexibility index (Phi) is 74.9. The first-order valence-electron chi connectivity index (χ1n) is 44.4. The zero-order chi connectivity index (χ0) is 69.7. The molecule has 0 atom stereocenters. The number of unbranched alkanes of at least 4 members (excludes halogenated alkanes) is 60. The van der Waals surface area contributed by atoms with Crippen molar-refractivity contribution < 1.29 is 22.8 Å². The predicted octanol–water partition coefficient (Wildman–Crippen LogP) is 34.0. The van der Waals surface area contributed by atoms with Crippen molar-refractivity contribution in [1.29, 1.82) is 0 Å². The summed E-state index contributed by atoms with van der Waals surface area (Å²) in [5.41, 5.74) is 19.2. The van der Waals surface area contributed by atoms with Crippen molar-refractivity contribution in [2.75, 3.05) is 0 Å². The van der Waals surface area contributed by atoms with Gasteiger partial charge in [-0.1, -0.05) is 347 Å². The van der Waals surface area contributed by atoms with Crippen LogP contribution in [0.15, 0.2) is 59.7 Å². The fraction of sp³-hybridized carbons (Fsp3) is 0.830. The summed E-state index contributed by atoms with van der Waals surface area (Å²) in [4.78, 5) is 6.68. The molecule has 566 valence electrons. The minimum Gasteiger partial charge on any atom is -0.0654 e. The molecule has 2 rings (SSSR count). The van der Waals surface area contributed by atoms with Crippen LogP contribution in [0.1, 0.15) is 500 Å². The maximum atomic E-state index is 9.98. The second-order valence-corrected chi connectivity index (χ2v) is 33.0. The Morgan fingerprint density at radius 3 is 0.887 bits per heavy atom. The molecule has 0 spiro atoms. The molecule has 97 heavy (non-hydrogen) atoms. The first-order valence-corrected chi connectivity index (χ1v) is 46.6. The van der Waals surface area contributed by atoms with Gasteiger partial charge in [0.15, 0.2) is 0 Å². The molecule has 0 radical (unpaired) electrons. The van der Waals surface area contributed by atoms with E-state index in [2.05, 4.69) is 101 Å². The van der Waals surface area contributed by atoms with Crippen molar-refractivity contribution in [1.82, 2.24) is 0 Å². The van der Waals surface area contributed by atoms with Crippen LogP contribution in [0.5, 0.6) is 0 Å². The average Bonchev–Trinajstić information content (AvgIpc) is 0.816. The van der Waals surface area contributed by atoms with Gasteiger partial charge in [-0.25, -0.2) is 0 Å². The van der Waals surface area contributed by atoms with Crippen LogP contribution in [0.25, 0.3) is 11.1 Å². The summed E-state index contributed by atoms with van der Waals surface area (Å²) in [6, 6.07) is 18.8. The summed E-state index contributed by atoms with van der Waals surface area (Å²) < 4.78 is 0. The van der Waals surface area contributed by atoms with Gasteiger partial charge < -0.3 is 5.53 Å². The normalized spacial score (nSPS) is 11.7. The van der Waals surface area contributed by atoms with Gasteiger partial charge in [-0.2, -0.15) is 0 Å². The van der Waals surface area contributed by atoms with Gasteiger partial charge in [-0.3, -0.25) is 0 Å². The molecule has 0 unspecified atom stereocenters. The third-order valence-corrected chi connectivity index (χ3v) is 23.4. The molecule has 0 N–H and O–H groups in total. The summed E-state index contributed by atoms with van der Waals surface area (Å²) >= 11 is 1.06. The van der Waals surface area contributed by atoms with Gasteiger partial charge in [0.25, 0.3) is 0 Å². The van der Waals surface area contributed by atoms with E-state index < -0.39 is 0 Å². The number of aryl methyl sites for hydroxylation is 2. The maximum absolute atomic E-state index is 9.98. The van der Waals surface area contributed by atoms with Crippen LogP contribution in [-0.4, -0.2) is 10.7 Å². The Hall–Kier alpha value is -2.00. The van der Waals surface area contributed by atoms with Crippen LogP contribution >= 0.6 is 0 Å². The molecule has 2 aromatic carbocycles. The predicted molar refractivity (Wildman–Crippen MR) is 436 cm³/mol. The van der Waals surface area contributed by atoms with Gasteiger partial charge >= 0.3 is 175 Å². The molecule has 0 bridgehead atoms. The number of nitrogens with zero attached hydrogens (tertiary/aromatic N) is 2. The van der Waals surface area contributed by atoms with Gasteiger partial charge in [-0.15, -0.1) is 4.79 Å². The Labute approximate surface area is 618 Å². The summed E-state index contributed by atoms with van der Waals surface area (Å²) in [5, 5.41) is 0. The van der Waals surface area contributed by atoms with E-state index in [4.69, 9.17) is 0 Å². The molecule has 0 saturated heterocycles. The van der Waals surface area contributed by atoms with E-state index in [1.807, 2.05) is 0 Å². The van der Waals surface area contributed by atoms with Gasteiger partial charge in [0.2, 0.25) is 0 Å². The van der Waals surface area contributed by atoms with Crippen LogP contribution in [0, 0.1) is 0 Å². The molecule has 0 amide bonds. The summed E-state index contributed by atoms with van der Waals surface area (Å²) in [7, 11) is 0. The zero-order valence-electron chi connectivity index (χ0n) is 66.7. The van der Waals surface area contributed by atoms with E-state index >= 15 is 0 Å². The molecule has 2 nitrogen and oxygen atoms in total. The average molecular weight is 1430 g/mol. The molecule has 0 aromatic heterocycles. The first-order chi connectivity index (χ1) is 48.1. The van der Waals surface area contributed by atoms with Crippen molar-refractivity contribution in [3.8, 4) is 0 Å². The van der Waals surface area contributed by atoms with Gasteiger partial charge in [0.1, 0.15) is 0 Å². The van der Waals surface area contributed by atoms with Crippen molar-refractivity contribution >= 4 is 11.4 Å². The Morgan fingerprint density at radius 2 is 0.557 bits per heavy atom. The van der Waals surface area contributed by atoms with Crippen LogP contribution < -0.4 is 0 Å². The van der Waals surface area contributed by atoms with Crippen LogP contribution in [0.3, 0.4) is 0 Å². The van der Waals surface area contributed by atoms with Gasteiger partial charge in [-0.05, 0) is 84.8 Å². The molecule has 0 heterocycles. The standard InChI is InChI=1S/C54H88N2.2C20H41.Pd/c1-5-9-13-16-18-19-20-21-22-23-24-25-26-27-28-29-31-33-39-52(47-56-55)53(41-34-15-11-7-3)54(50-44-42-48(43-45-50)36-12-8-4)51-40-35-38-49(46-51)37-32-30-17-14-10-6-2;2*1-3-5-7-9-11-13-15-17-19-20-18-16-14-12-10-8-6-4-2;/h35,38,40,42-46H,5-34,36-37,39,41H2,1-4H3;2*1,3-20H2,2H3;. The summed E-state index contributed by atoms with van der Waals surface area (Å²) in [5.74, 6) is 3.15. The van der Waals surface area contributed by atoms with E-state index in [9.17, 15) is 5.53 Å². The van der Waals surface area contributed by atoms with E-state index in [1.54, 1.807) is 9.79 Å². The first kappa shape index (κ1) is 93.0. The molecule has 0 aliphatic heterocycles. The van der Waals surface area contributed by atoms with Crippen molar-refractivity contribution in [3.63, 3.8) is 0 Å². The smallest absolute Gasteiger partial charge is 0.0654 e. The molecular weight excluding hydrogens is 1260 g/mol. The van der Waals surface area contributed by atoms with Gasteiger partial charge in [0, 0.05) is 0 Å². The van der Waals surface area contributed by atoms with E-state index in [1.165, 1.54) is 444 Å². The van der Waals surface area contributed by atoms with Crippen molar-refractivity contribution in [2.24, 2.45) is 0 Å². The molecule has 2 aromatic rings. The molecular formula is C94H170N2Pd. The second kappa shape index (κ2) is 78.1. The third-order valence-electron chi connectivity index (χ3n) is 21.2. The number of hydrogen-bond donors (Lipinski definition) is 0. The Morgan fingerprint density at radius 1 is 0.278 bits per heavy atom. The number of hydrogen-bond acceptors (Lipinski definition) is 0. The minimum absolute atomic E-state index is 0.918. The second-order valence-electron chi connectivity index (χ2n) is 30.6. The molecule has 0 aliphatic rings. The number of allylic oxidation sites excluding steroid dienone is 2. The quantitative estimate of drug-likeness (QED) is 0.0158. The fourth-order valence-electron chi connectivity index (χ4n) is 14.6. The minimum atomic E-state index is 0.918. The van der Waals surface area contributed by atoms with Crippen LogP contribution in [0.2, 0.25) is 9.79 Å². The fourth-order valence-corrected chi connectivity index (χ4v) is 16.6. The summed E-state index contributed by atoms with van der Waals surface area (Å²) in [6.45, 7) is 13.8. The topological polar surface area (TPSA) is 36.4 Å². The van der Waals surface area contributed by atoms with E-state index in [-0.39, 0.29) is 0 Å². The molecule has 0 fully saturated rings. The molecule has 0 saturated carbocycles. The monoisotopic (exact) mass is 1430 g/mol. The SMILES string of the molecule is CCCCCCCCCCCCCCCCCCCCC(=C=[N+]=[N-])C(CCCCCC)=C(c1ccc(CCCC)cc1)c1cccc(CCCCCCCC)c1.CCCCCCCCCCCCCCCCCCC[CH2][Pd][CH2]CCCCCCCCCCCCCCCCCCC. The Balaban J connectivity index is 0.00000102. The number of rotatable bonds is 75. The Bertz CT molecular complexity index is 1960. The van der Waals surface area contributed by atoms with Crippen molar-refractivity contribution in [3.05, 3.63) is 87.5 Å². The van der Waals surface area contributed by atoms with Crippen LogP contribution in [0.4, 0.5) is 0 Å².